The number of halogens is 1. The van der Waals surface area contributed by atoms with Crippen LogP contribution in [0, 0.1) is 5.82 Å². The maximum atomic E-state index is 13.6. The normalized spacial score (nSPS) is 13.5. The van der Waals surface area contributed by atoms with E-state index in [1.165, 1.54) is 26.2 Å². The Balaban J connectivity index is 2.68. The van der Waals surface area contributed by atoms with E-state index < -0.39 is 17.4 Å². The van der Waals surface area contributed by atoms with E-state index in [2.05, 4.69) is 10.1 Å². The molecule has 0 radical (unpaired) electrons. The number of rotatable bonds is 6. The SMILES string of the molecule is CCOc1ccc(NCC(C)(O)C(=O)OC)cc1F. The maximum absolute atomic E-state index is 13.6. The third-order valence-corrected chi connectivity index (χ3v) is 2.49. The summed E-state index contributed by atoms with van der Waals surface area (Å²) < 4.78 is 23.1. The number of methoxy groups -OCH3 is 1. The molecule has 1 aromatic carbocycles. The highest BCUT2D eigenvalue weighted by molar-refractivity contribution is 5.79. The van der Waals surface area contributed by atoms with E-state index in [4.69, 9.17) is 4.74 Å². The van der Waals surface area contributed by atoms with Crippen molar-refractivity contribution in [2.75, 3.05) is 25.6 Å². The molecule has 5 nitrogen and oxygen atoms in total. The number of aliphatic hydroxyl groups is 1. The summed E-state index contributed by atoms with van der Waals surface area (Å²) >= 11 is 0. The van der Waals surface area contributed by atoms with Gasteiger partial charge in [-0.05, 0) is 26.0 Å². The zero-order valence-corrected chi connectivity index (χ0v) is 11.2. The summed E-state index contributed by atoms with van der Waals surface area (Å²) in [6.45, 7) is 3.36. The Hall–Kier alpha value is -1.82. The molecule has 1 aromatic rings. The van der Waals surface area contributed by atoms with Gasteiger partial charge in [0.2, 0.25) is 0 Å². The molecule has 0 aliphatic carbocycles. The van der Waals surface area contributed by atoms with E-state index in [1.54, 1.807) is 13.0 Å². The third kappa shape index (κ3) is 4.10. The molecule has 0 amide bonds. The lowest BCUT2D eigenvalue weighted by atomic mass is 10.1. The summed E-state index contributed by atoms with van der Waals surface area (Å²) in [6.07, 6.45) is 0. The quantitative estimate of drug-likeness (QED) is 0.769. The van der Waals surface area contributed by atoms with E-state index >= 15 is 0 Å². The molecule has 0 heterocycles. The number of esters is 1. The van der Waals surface area contributed by atoms with Gasteiger partial charge in [0, 0.05) is 11.8 Å². The molecule has 0 aliphatic heterocycles. The summed E-state index contributed by atoms with van der Waals surface area (Å²) in [6, 6.07) is 4.31. The van der Waals surface area contributed by atoms with Gasteiger partial charge >= 0.3 is 5.97 Å². The summed E-state index contributed by atoms with van der Waals surface area (Å²) in [5.74, 6) is -1.11. The number of nitrogens with one attached hydrogen (secondary N) is 1. The first-order valence-electron chi connectivity index (χ1n) is 5.87. The minimum absolute atomic E-state index is 0.0902. The second-order valence-electron chi connectivity index (χ2n) is 4.20. The van der Waals surface area contributed by atoms with Crippen molar-refractivity contribution in [3.8, 4) is 5.75 Å². The molecule has 1 rings (SSSR count). The fourth-order valence-corrected chi connectivity index (χ4v) is 1.45. The van der Waals surface area contributed by atoms with Crippen molar-refractivity contribution in [1.82, 2.24) is 0 Å². The van der Waals surface area contributed by atoms with Crippen LogP contribution in [0.1, 0.15) is 13.8 Å². The highest BCUT2D eigenvalue weighted by Gasteiger charge is 2.31. The molecule has 0 bridgehead atoms. The van der Waals surface area contributed by atoms with E-state index in [0.717, 1.165) is 0 Å². The van der Waals surface area contributed by atoms with Crippen molar-refractivity contribution in [2.24, 2.45) is 0 Å². The first-order chi connectivity index (χ1) is 8.90. The number of benzene rings is 1. The van der Waals surface area contributed by atoms with Crippen molar-refractivity contribution >= 4 is 11.7 Å². The molecule has 0 aromatic heterocycles. The Labute approximate surface area is 111 Å². The molecule has 1 unspecified atom stereocenters. The van der Waals surface area contributed by atoms with Gasteiger partial charge in [0.05, 0.1) is 20.3 Å². The molecule has 19 heavy (non-hydrogen) atoms. The first kappa shape index (κ1) is 15.2. The second kappa shape index (κ2) is 6.38. The van der Waals surface area contributed by atoms with E-state index in [0.29, 0.717) is 12.3 Å². The summed E-state index contributed by atoms with van der Waals surface area (Å²) in [4.78, 5) is 11.3. The molecule has 0 saturated heterocycles. The number of carbonyl (C=O) groups is 1. The topological polar surface area (TPSA) is 67.8 Å². The predicted molar refractivity (Wildman–Crippen MR) is 68.7 cm³/mol. The van der Waals surface area contributed by atoms with Crippen molar-refractivity contribution in [3.63, 3.8) is 0 Å². The number of carbonyl (C=O) groups excluding carboxylic acids is 1. The van der Waals surface area contributed by atoms with E-state index in [-0.39, 0.29) is 12.3 Å². The number of ether oxygens (including phenoxy) is 2. The maximum Gasteiger partial charge on any atom is 0.339 e. The Morgan fingerprint density at radius 3 is 2.74 bits per heavy atom. The molecule has 0 spiro atoms. The van der Waals surface area contributed by atoms with Crippen LogP contribution in [0.15, 0.2) is 18.2 Å². The number of anilines is 1. The van der Waals surface area contributed by atoms with Crippen molar-refractivity contribution < 1.29 is 23.8 Å². The Morgan fingerprint density at radius 1 is 1.53 bits per heavy atom. The van der Waals surface area contributed by atoms with Gasteiger partial charge in [-0.2, -0.15) is 0 Å². The van der Waals surface area contributed by atoms with Crippen LogP contribution in [0.25, 0.3) is 0 Å². The van der Waals surface area contributed by atoms with Gasteiger partial charge in [-0.3, -0.25) is 0 Å². The standard InChI is InChI=1S/C13H18FNO4/c1-4-19-11-6-5-9(7-10(11)14)15-8-13(2,17)12(16)18-3/h5-7,15,17H,4,8H2,1-3H3. The summed E-state index contributed by atoms with van der Waals surface area (Å²) in [5, 5.41) is 12.6. The van der Waals surface area contributed by atoms with Gasteiger partial charge in [-0.25, -0.2) is 9.18 Å². The molecule has 0 aliphatic rings. The van der Waals surface area contributed by atoms with E-state index in [1.807, 2.05) is 0 Å². The van der Waals surface area contributed by atoms with Crippen LogP contribution in [0.5, 0.6) is 5.75 Å². The van der Waals surface area contributed by atoms with Crippen LogP contribution in [0.2, 0.25) is 0 Å². The van der Waals surface area contributed by atoms with Crippen LogP contribution in [0.4, 0.5) is 10.1 Å². The molecular formula is C13H18FNO4. The fourth-order valence-electron chi connectivity index (χ4n) is 1.45. The minimum Gasteiger partial charge on any atom is -0.491 e. The van der Waals surface area contributed by atoms with Crippen LogP contribution in [-0.4, -0.2) is 36.9 Å². The Kier molecular flexibility index (Phi) is 5.11. The lowest BCUT2D eigenvalue weighted by Gasteiger charge is -2.21. The second-order valence-corrected chi connectivity index (χ2v) is 4.20. The average molecular weight is 271 g/mol. The van der Waals surface area contributed by atoms with Crippen molar-refractivity contribution in [1.29, 1.82) is 0 Å². The molecule has 2 N–H and O–H groups in total. The highest BCUT2D eigenvalue weighted by atomic mass is 19.1. The molecule has 6 heteroatoms. The Morgan fingerprint density at radius 2 is 2.21 bits per heavy atom. The molecule has 0 fully saturated rings. The number of hydrogen-bond acceptors (Lipinski definition) is 5. The van der Waals surface area contributed by atoms with Crippen molar-refractivity contribution in [3.05, 3.63) is 24.0 Å². The first-order valence-corrected chi connectivity index (χ1v) is 5.87. The van der Waals surface area contributed by atoms with Gasteiger partial charge in [-0.1, -0.05) is 0 Å². The lowest BCUT2D eigenvalue weighted by Crippen LogP contribution is -2.42. The molecule has 0 saturated carbocycles. The predicted octanol–water partition coefficient (Wildman–Crippen LogP) is 1.56. The van der Waals surface area contributed by atoms with Gasteiger partial charge in [0.1, 0.15) is 0 Å². The Bertz CT molecular complexity index is 448. The van der Waals surface area contributed by atoms with Gasteiger partial charge in [0.15, 0.2) is 17.2 Å². The summed E-state index contributed by atoms with van der Waals surface area (Å²) in [5.41, 5.74) is -1.24. The smallest absolute Gasteiger partial charge is 0.339 e. The largest absolute Gasteiger partial charge is 0.491 e. The molecule has 1 atom stereocenters. The lowest BCUT2D eigenvalue weighted by molar-refractivity contribution is -0.158. The van der Waals surface area contributed by atoms with Gasteiger partial charge in [0.25, 0.3) is 0 Å². The highest BCUT2D eigenvalue weighted by Crippen LogP contribution is 2.21. The monoisotopic (exact) mass is 271 g/mol. The molecule has 106 valence electrons. The molecular weight excluding hydrogens is 253 g/mol. The van der Waals surface area contributed by atoms with Crippen molar-refractivity contribution in [2.45, 2.75) is 19.4 Å². The van der Waals surface area contributed by atoms with Gasteiger partial charge < -0.3 is 19.9 Å². The minimum atomic E-state index is -1.68. The van der Waals surface area contributed by atoms with Crippen LogP contribution >= 0.6 is 0 Å². The third-order valence-electron chi connectivity index (χ3n) is 2.49. The van der Waals surface area contributed by atoms with Crippen LogP contribution in [0.3, 0.4) is 0 Å². The fraction of sp³-hybridized carbons (Fsp3) is 0.462. The number of hydrogen-bond donors (Lipinski definition) is 2. The summed E-state index contributed by atoms with van der Waals surface area (Å²) in [7, 11) is 1.19. The zero-order valence-electron chi connectivity index (χ0n) is 11.2. The zero-order chi connectivity index (χ0) is 14.5. The van der Waals surface area contributed by atoms with Gasteiger partial charge in [-0.15, -0.1) is 0 Å². The van der Waals surface area contributed by atoms with Crippen LogP contribution in [-0.2, 0) is 9.53 Å². The average Bonchev–Trinajstić information content (AvgIpc) is 2.38. The van der Waals surface area contributed by atoms with Crippen LogP contribution < -0.4 is 10.1 Å². The van der Waals surface area contributed by atoms with E-state index in [9.17, 15) is 14.3 Å².